The quantitative estimate of drug-likeness (QED) is 0.0370. The number of aliphatic hydroxyl groups is 2. The lowest BCUT2D eigenvalue weighted by atomic mass is 9.98. The lowest BCUT2D eigenvalue weighted by Crippen LogP contribution is -2.42. The number of likely N-dealkylation sites (tertiary alicyclic amines) is 4. The molecule has 5 saturated heterocycles. The molecule has 23 nitrogen and oxygen atoms in total. The summed E-state index contributed by atoms with van der Waals surface area (Å²) >= 11 is 0. The van der Waals surface area contributed by atoms with Crippen LogP contribution in [0.4, 0.5) is 19.2 Å². The number of Topliss-reactive ketones (excluding diaryl/α,β-unsaturated/α-hetero) is 2. The molecule has 0 saturated carbocycles. The van der Waals surface area contributed by atoms with Gasteiger partial charge in [0.15, 0.2) is 5.78 Å². The number of carbonyl (C=O) groups excluding carboxylic acids is 7. The van der Waals surface area contributed by atoms with Crippen LogP contribution in [0.5, 0.6) is 0 Å². The van der Waals surface area contributed by atoms with E-state index in [0.29, 0.717) is 89.4 Å². The van der Waals surface area contributed by atoms with Gasteiger partial charge in [0.2, 0.25) is 5.78 Å². The highest BCUT2D eigenvalue weighted by Crippen LogP contribution is 2.23. The van der Waals surface area contributed by atoms with E-state index in [1.54, 1.807) is 19.6 Å². The monoisotopic (exact) mass is 1160 g/mol. The van der Waals surface area contributed by atoms with Gasteiger partial charge in [0.25, 0.3) is 0 Å². The second-order valence-electron chi connectivity index (χ2n) is 24.7. The Morgan fingerprint density at radius 2 is 0.827 bits per heavy atom. The van der Waals surface area contributed by atoms with Crippen LogP contribution in [-0.2, 0) is 52.3 Å². The van der Waals surface area contributed by atoms with Crippen LogP contribution in [0.25, 0.3) is 0 Å². The topological polar surface area (TPSA) is 285 Å². The van der Waals surface area contributed by atoms with E-state index in [1.807, 2.05) is 83.1 Å². The van der Waals surface area contributed by atoms with Gasteiger partial charge in [0, 0.05) is 85.7 Å². The molecular weight excluding hydrogens is 1050 g/mol. The average molecular weight is 1160 g/mol. The smallest absolute Gasteiger partial charge is 0.410 e. The molecule has 0 atom stereocenters. The summed E-state index contributed by atoms with van der Waals surface area (Å²) in [4.78, 5) is 87.5. The molecule has 81 heavy (non-hydrogen) atoms. The van der Waals surface area contributed by atoms with Gasteiger partial charge in [-0.2, -0.15) is 0 Å². The average Bonchev–Trinajstić information content (AvgIpc) is 3.97. The van der Waals surface area contributed by atoms with Crippen molar-refractivity contribution in [3.8, 4) is 0 Å². The predicted molar refractivity (Wildman–Crippen MR) is 305 cm³/mol. The van der Waals surface area contributed by atoms with Gasteiger partial charge in [0.05, 0.1) is 36.7 Å². The lowest BCUT2D eigenvalue weighted by Gasteiger charge is -2.33. The second-order valence-corrected chi connectivity index (χ2v) is 24.7. The summed E-state index contributed by atoms with van der Waals surface area (Å²) < 4.78 is 42.0. The molecule has 5 heterocycles. The van der Waals surface area contributed by atoms with Gasteiger partial charge in [0.1, 0.15) is 41.9 Å². The largest absolute Gasteiger partial charge is 0.444 e. The Hall–Kier alpha value is -4.77. The first-order chi connectivity index (χ1) is 37.8. The van der Waals surface area contributed by atoms with Gasteiger partial charge < -0.3 is 72.5 Å². The molecule has 0 bridgehead atoms. The highest BCUT2D eigenvalue weighted by atomic mass is 16.6. The van der Waals surface area contributed by atoms with Crippen LogP contribution in [0.15, 0.2) is 0 Å². The van der Waals surface area contributed by atoms with Crippen LogP contribution in [-0.4, -0.2) is 224 Å². The number of rotatable bonds is 14. The Kier molecular flexibility index (Phi) is 38.8. The number of amides is 4. The van der Waals surface area contributed by atoms with Gasteiger partial charge >= 0.3 is 30.6 Å². The van der Waals surface area contributed by atoms with Gasteiger partial charge in [-0.1, -0.05) is 0 Å². The molecule has 23 heteroatoms. The van der Waals surface area contributed by atoms with Crippen LogP contribution >= 0.6 is 0 Å². The Labute approximate surface area is 484 Å². The zero-order valence-corrected chi connectivity index (χ0v) is 52.0. The first-order valence-electron chi connectivity index (χ1n) is 28.9. The maximum absolute atomic E-state index is 11.9. The third-order valence-corrected chi connectivity index (χ3v) is 12.2. The molecule has 0 spiro atoms. The van der Waals surface area contributed by atoms with Gasteiger partial charge in [-0.3, -0.25) is 9.59 Å². The lowest BCUT2D eigenvalue weighted by molar-refractivity contribution is -0.130. The molecule has 5 fully saturated rings. The Morgan fingerprint density at radius 3 is 1.05 bits per heavy atom. The fraction of sp³-hybridized carbons (Fsp3) is 0.862. The Balaban J connectivity index is 0.000000990. The van der Waals surface area contributed by atoms with Crippen LogP contribution in [0.3, 0.4) is 0 Å². The molecule has 0 unspecified atom stereocenters. The van der Waals surface area contributed by atoms with E-state index in [1.165, 1.54) is 26.7 Å². The van der Waals surface area contributed by atoms with Crippen molar-refractivity contribution < 1.29 is 86.5 Å². The van der Waals surface area contributed by atoms with E-state index < -0.39 is 22.4 Å². The van der Waals surface area contributed by atoms with Crippen molar-refractivity contribution in [2.75, 3.05) is 118 Å². The van der Waals surface area contributed by atoms with Crippen molar-refractivity contribution in [1.82, 2.24) is 19.6 Å². The van der Waals surface area contributed by atoms with E-state index >= 15 is 0 Å². The molecule has 0 aromatic heterocycles. The van der Waals surface area contributed by atoms with Crippen molar-refractivity contribution in [3.05, 3.63) is 0 Å². The summed E-state index contributed by atoms with van der Waals surface area (Å²) in [6.07, 6.45) is 10.5. The van der Waals surface area contributed by atoms with E-state index in [2.05, 4.69) is 4.79 Å². The third kappa shape index (κ3) is 42.7. The standard InChI is InChI=1S/C14H25NO4.C13H25NO4.C13H23NO4.C11H21NO3.C4H8O.C3H5N2O/c1-11(16)9-18-10-12-5-7-15(8-6-12)13(17)19-14(2,3)4;2*1-13(2,3)18-12(16)14-6-4-11(5-7-14)10-17-9-8-15;1-11(2,3)15-10(14)12-6-4-9(8-13)5-7-12;1-2-4-5-3-1;1-3(6)2-5-4/h12H,5-10H2,1-4H3;11,15H,4-10H2,1-3H3;8,11H,4-7,9-10H2,1-3H3;9,13H,4-8H2,1-3H3;1-4H2;2,4H,1H3/q;;;;;+1. The highest BCUT2D eigenvalue weighted by Gasteiger charge is 2.30. The van der Waals surface area contributed by atoms with Crippen molar-refractivity contribution >= 4 is 48.4 Å². The molecule has 0 aromatic rings. The van der Waals surface area contributed by atoms with Crippen molar-refractivity contribution in [2.45, 2.75) is 184 Å². The molecular formula is C58H107N6O17+. The number of aldehydes is 1. The molecule has 3 N–H and O–H groups in total. The van der Waals surface area contributed by atoms with Crippen LogP contribution in [0.1, 0.15) is 161 Å². The fourth-order valence-electron chi connectivity index (χ4n) is 8.02. The summed E-state index contributed by atoms with van der Waals surface area (Å²) in [5, 5.41) is 17.6. The maximum Gasteiger partial charge on any atom is 0.410 e. The van der Waals surface area contributed by atoms with Crippen molar-refractivity contribution in [1.29, 1.82) is 5.53 Å². The molecule has 0 aromatic carbocycles. The van der Waals surface area contributed by atoms with Crippen LogP contribution in [0.2, 0.25) is 0 Å². The van der Waals surface area contributed by atoms with E-state index in [0.717, 1.165) is 90.2 Å². The predicted octanol–water partition coefficient (Wildman–Crippen LogP) is 8.04. The Morgan fingerprint density at radius 1 is 0.519 bits per heavy atom. The number of aliphatic hydroxyl groups excluding tert-OH is 2. The van der Waals surface area contributed by atoms with Gasteiger partial charge in [-0.05, 0) is 178 Å². The SMILES string of the molecule is C1CCOC1.CC(=O)C=[N+]=N.CC(=O)COCC1CCN(C(=O)OC(C)(C)C)CC1.CC(C)(C)OC(=O)N1CCC(CO)CC1.CC(C)(C)OC(=O)N1CCC(COCC=O)CC1.CC(C)(C)OC(=O)N1CCC(COCCO)CC1. The highest BCUT2D eigenvalue weighted by molar-refractivity contribution is 6.23. The number of hydrogen-bond donors (Lipinski definition) is 3. The van der Waals surface area contributed by atoms with Crippen LogP contribution < -0.4 is 0 Å². The minimum absolute atomic E-state index is 0.0474. The minimum atomic E-state index is -0.446. The number of carbonyl (C=O) groups is 7. The molecule has 4 amide bonds. The normalized spacial score (nSPS) is 17.4. The van der Waals surface area contributed by atoms with Crippen LogP contribution in [0, 0.1) is 29.2 Å². The summed E-state index contributed by atoms with van der Waals surface area (Å²) in [5.41, 5.74) is 4.33. The van der Waals surface area contributed by atoms with Crippen molar-refractivity contribution in [3.63, 3.8) is 0 Å². The second kappa shape index (κ2) is 41.3. The maximum atomic E-state index is 11.9. The molecule has 0 aliphatic carbocycles. The number of nitrogens with zero attached hydrogens (tertiary/aromatic N) is 5. The molecule has 0 radical (unpaired) electrons. The third-order valence-electron chi connectivity index (χ3n) is 12.2. The summed E-state index contributed by atoms with van der Waals surface area (Å²) in [7, 11) is 0. The number of piperidine rings is 4. The van der Waals surface area contributed by atoms with Gasteiger partial charge in [-0.25, -0.2) is 19.2 Å². The fourth-order valence-corrected chi connectivity index (χ4v) is 8.02. The van der Waals surface area contributed by atoms with E-state index in [9.17, 15) is 33.6 Å². The number of ether oxygens (including phenoxy) is 8. The molecule has 5 aliphatic heterocycles. The number of hydrogen-bond acceptors (Lipinski definition) is 18. The first kappa shape index (κ1) is 76.2. The van der Waals surface area contributed by atoms with E-state index in [4.69, 9.17) is 53.6 Å². The molecule has 5 rings (SSSR count). The zero-order chi connectivity index (χ0) is 61.7. The molecule has 470 valence electrons. The zero-order valence-electron chi connectivity index (χ0n) is 52.0. The van der Waals surface area contributed by atoms with Gasteiger partial charge in [-0.15, -0.1) is 0 Å². The Bertz CT molecular complexity index is 1810. The number of nitrogens with one attached hydrogen (secondary N) is 1. The molecule has 5 aliphatic rings. The summed E-state index contributed by atoms with van der Waals surface area (Å²) in [6.45, 7) is 35.8. The minimum Gasteiger partial charge on any atom is -0.444 e. The van der Waals surface area contributed by atoms with Crippen molar-refractivity contribution in [2.24, 2.45) is 23.7 Å². The summed E-state index contributed by atoms with van der Waals surface area (Å²) in [5.74, 6) is 1.55. The van der Waals surface area contributed by atoms with E-state index in [-0.39, 0.29) is 62.4 Å². The number of ketones is 2. The first-order valence-corrected chi connectivity index (χ1v) is 28.9. The summed E-state index contributed by atoms with van der Waals surface area (Å²) in [6, 6.07) is 0.